The average Bonchev–Trinajstić information content (AvgIpc) is 3.82. The molecule has 1 aromatic heterocycles. The van der Waals surface area contributed by atoms with Gasteiger partial charge in [-0.15, -0.1) is 6.42 Å². The normalized spacial score (nSPS) is 25.5. The highest BCUT2D eigenvalue weighted by Crippen LogP contribution is 2.38. The number of aromatic nitrogens is 1. The Kier molecular flexibility index (Phi) is 5.96. The third-order valence-electron chi connectivity index (χ3n) is 7.75. The van der Waals surface area contributed by atoms with E-state index in [1.165, 1.54) is 0 Å². The van der Waals surface area contributed by atoms with Crippen LogP contribution >= 0.6 is 0 Å². The Morgan fingerprint density at radius 1 is 1.22 bits per heavy atom. The summed E-state index contributed by atoms with van der Waals surface area (Å²) in [5.74, 6) is 3.81. The van der Waals surface area contributed by atoms with Crippen molar-refractivity contribution in [3.8, 4) is 18.1 Å². The number of rotatable bonds is 7. The second-order valence-electron chi connectivity index (χ2n) is 10.8. The zero-order chi connectivity index (χ0) is 25.6. The molecule has 8 heteroatoms. The van der Waals surface area contributed by atoms with E-state index in [1.807, 2.05) is 29.1 Å². The fraction of sp³-hybridized carbons (Fsp3) is 0.448. The number of ether oxygens (including phenoxy) is 1. The maximum absolute atomic E-state index is 13.2. The SMILES string of the molecule is C#CC1(O)CCC(/C=[N+]2\C=c3cc(NC(=O)c4cccc(C5CC5)[n+]4O)c(OCC4CC4)cc3=N2)CC1. The number of nitrogens with zero attached hydrogens (tertiary/aromatic N) is 3. The van der Waals surface area contributed by atoms with Crippen molar-refractivity contribution in [2.75, 3.05) is 11.9 Å². The van der Waals surface area contributed by atoms with Crippen LogP contribution in [0.15, 0.2) is 35.4 Å². The number of amides is 1. The zero-order valence-corrected chi connectivity index (χ0v) is 20.8. The van der Waals surface area contributed by atoms with Gasteiger partial charge in [0.15, 0.2) is 6.21 Å². The zero-order valence-electron chi connectivity index (χ0n) is 20.8. The number of pyridine rings is 1. The number of hydrogen-bond acceptors (Lipinski definition) is 5. The molecule has 0 spiro atoms. The summed E-state index contributed by atoms with van der Waals surface area (Å²) >= 11 is 0. The predicted octanol–water partition coefficient (Wildman–Crippen LogP) is 2.05. The Bertz CT molecular complexity index is 1440. The molecule has 0 radical (unpaired) electrons. The second kappa shape index (κ2) is 9.31. The smallest absolute Gasteiger partial charge is 0.325 e. The molecular weight excluding hydrogens is 468 g/mol. The minimum atomic E-state index is -0.995. The topological polar surface area (TPSA) is 98.0 Å². The molecule has 0 atom stereocenters. The van der Waals surface area contributed by atoms with Crippen molar-refractivity contribution in [2.24, 2.45) is 16.9 Å². The molecule has 2 aromatic rings. The first-order valence-electron chi connectivity index (χ1n) is 13.2. The molecule has 190 valence electrons. The summed E-state index contributed by atoms with van der Waals surface area (Å²) in [6.07, 6.45) is 16.6. The molecule has 0 bridgehead atoms. The number of carbonyl (C=O) groups is 1. The van der Waals surface area contributed by atoms with Crippen molar-refractivity contribution in [3.63, 3.8) is 0 Å². The first kappa shape index (κ1) is 23.7. The Labute approximate surface area is 215 Å². The molecule has 0 unspecified atom stereocenters. The van der Waals surface area contributed by atoms with Crippen molar-refractivity contribution >= 4 is 24.0 Å². The summed E-state index contributed by atoms with van der Waals surface area (Å²) in [7, 11) is 0. The van der Waals surface area contributed by atoms with E-state index < -0.39 is 11.5 Å². The number of hydrogen-bond donors (Lipinski definition) is 3. The van der Waals surface area contributed by atoms with E-state index in [-0.39, 0.29) is 11.6 Å². The van der Waals surface area contributed by atoms with Crippen molar-refractivity contribution < 1.29 is 29.3 Å². The quantitative estimate of drug-likeness (QED) is 0.308. The third kappa shape index (κ3) is 5.09. The third-order valence-corrected chi connectivity index (χ3v) is 7.75. The summed E-state index contributed by atoms with van der Waals surface area (Å²) in [6, 6.07) is 9.01. The van der Waals surface area contributed by atoms with Gasteiger partial charge >= 0.3 is 11.6 Å². The second-order valence-corrected chi connectivity index (χ2v) is 10.8. The largest absolute Gasteiger partial charge is 0.491 e. The van der Waals surface area contributed by atoms with Gasteiger partial charge in [0, 0.05) is 39.9 Å². The van der Waals surface area contributed by atoms with Crippen molar-refractivity contribution in [1.82, 2.24) is 0 Å². The first-order valence-corrected chi connectivity index (χ1v) is 13.2. The number of anilines is 1. The van der Waals surface area contributed by atoms with E-state index in [0.717, 1.165) is 59.5 Å². The van der Waals surface area contributed by atoms with Crippen LogP contribution in [0.2, 0.25) is 0 Å². The van der Waals surface area contributed by atoms with Gasteiger partial charge in [0.2, 0.25) is 11.9 Å². The maximum Gasteiger partial charge on any atom is 0.325 e. The van der Waals surface area contributed by atoms with Gasteiger partial charge in [-0.2, -0.15) is 0 Å². The van der Waals surface area contributed by atoms with Gasteiger partial charge in [-0.25, -0.2) is 0 Å². The van der Waals surface area contributed by atoms with Gasteiger partial charge in [0.1, 0.15) is 16.7 Å². The molecule has 6 rings (SSSR count). The summed E-state index contributed by atoms with van der Waals surface area (Å²) in [5.41, 5.74) is 0.496. The van der Waals surface area contributed by atoms with Crippen LogP contribution in [0.1, 0.15) is 73.5 Å². The number of fused-ring (bicyclic) bond motifs is 1. The summed E-state index contributed by atoms with van der Waals surface area (Å²) < 4.78 is 8.93. The van der Waals surface area contributed by atoms with Gasteiger partial charge in [-0.3, -0.25) is 10.0 Å². The van der Waals surface area contributed by atoms with Crippen molar-refractivity contribution in [3.05, 3.63) is 52.3 Å². The van der Waals surface area contributed by atoms with E-state index in [1.54, 1.807) is 12.1 Å². The standard InChI is InChI=1S/C29H31N4O4/c1-2-29(35)12-10-19(11-13-29)16-32-17-22-14-24(27(15-23(22)31-32)37-18-20-6-7-20)30-28(34)26-5-3-4-25(33(26)36)21-8-9-21/h1,3-5,14-17,19-21,35H,6-13,18H2,(H-,30,34,36)/q+1/p+1/b32-16+. The molecule has 0 saturated heterocycles. The van der Waals surface area contributed by atoms with E-state index in [4.69, 9.17) is 16.3 Å². The number of nitrogens with one attached hydrogen (secondary N) is 1. The molecule has 37 heavy (non-hydrogen) atoms. The molecule has 3 aliphatic carbocycles. The Balaban J connectivity index is 1.27. The monoisotopic (exact) mass is 500 g/mol. The van der Waals surface area contributed by atoms with Crippen LogP contribution in [-0.4, -0.2) is 39.3 Å². The van der Waals surface area contributed by atoms with Crippen LogP contribution in [0.25, 0.3) is 6.20 Å². The van der Waals surface area contributed by atoms with Crippen molar-refractivity contribution in [2.45, 2.75) is 62.9 Å². The van der Waals surface area contributed by atoms with E-state index >= 15 is 0 Å². The highest BCUT2D eigenvalue weighted by atomic mass is 16.5. The minimum Gasteiger partial charge on any atom is -0.491 e. The average molecular weight is 501 g/mol. The summed E-state index contributed by atoms with van der Waals surface area (Å²) in [6.45, 7) is 0.596. The summed E-state index contributed by atoms with van der Waals surface area (Å²) in [4.78, 5) is 13.2. The Morgan fingerprint density at radius 2 is 2.00 bits per heavy atom. The Hall–Kier alpha value is -3.70. The number of carbonyl (C=O) groups excluding carboxylic acids is 1. The van der Waals surface area contributed by atoms with Crippen LogP contribution in [0.3, 0.4) is 0 Å². The Morgan fingerprint density at radius 3 is 2.70 bits per heavy atom. The van der Waals surface area contributed by atoms with Crippen molar-refractivity contribution in [1.29, 1.82) is 0 Å². The maximum atomic E-state index is 13.2. The van der Waals surface area contributed by atoms with Crippen LogP contribution in [0.5, 0.6) is 5.75 Å². The highest BCUT2D eigenvalue weighted by Gasteiger charge is 2.36. The lowest BCUT2D eigenvalue weighted by Gasteiger charge is -2.29. The molecule has 8 nitrogen and oxygen atoms in total. The molecule has 1 amide bonds. The van der Waals surface area contributed by atoms with Gasteiger partial charge in [-0.05, 0) is 69.4 Å². The molecule has 4 aliphatic rings. The van der Waals surface area contributed by atoms with Gasteiger partial charge in [-0.1, -0.05) is 10.6 Å². The van der Waals surface area contributed by atoms with Crippen LogP contribution in [-0.2, 0) is 0 Å². The lowest BCUT2D eigenvalue weighted by molar-refractivity contribution is -0.910. The van der Waals surface area contributed by atoms with Gasteiger partial charge in [0.25, 0.3) is 0 Å². The molecule has 3 N–H and O–H groups in total. The predicted molar refractivity (Wildman–Crippen MR) is 136 cm³/mol. The van der Waals surface area contributed by atoms with Gasteiger partial charge < -0.3 is 15.2 Å². The molecule has 2 heterocycles. The van der Waals surface area contributed by atoms with Crippen LogP contribution < -0.4 is 25.4 Å². The molecule has 1 aliphatic heterocycles. The van der Waals surface area contributed by atoms with E-state index in [2.05, 4.69) is 17.5 Å². The molecular formula is C29H32N4O4+2. The first-order chi connectivity index (χ1) is 17.9. The molecule has 1 aromatic carbocycles. The van der Waals surface area contributed by atoms with E-state index in [0.29, 0.717) is 42.7 Å². The highest BCUT2D eigenvalue weighted by molar-refractivity contribution is 6.02. The van der Waals surface area contributed by atoms with Gasteiger partial charge in [0.05, 0.1) is 17.5 Å². The van der Waals surface area contributed by atoms with E-state index in [9.17, 15) is 15.1 Å². The molecule has 3 fully saturated rings. The number of terminal acetylenes is 1. The number of benzene rings is 1. The number of aliphatic hydroxyl groups is 1. The van der Waals surface area contributed by atoms with Crippen LogP contribution in [0.4, 0.5) is 5.69 Å². The van der Waals surface area contributed by atoms with Crippen LogP contribution in [0, 0.1) is 24.2 Å². The summed E-state index contributed by atoms with van der Waals surface area (Å²) in [5, 5.41) is 30.3. The fourth-order valence-corrected chi connectivity index (χ4v) is 5.05. The minimum absolute atomic E-state index is 0.186. The molecule has 3 saturated carbocycles. The fourth-order valence-electron chi connectivity index (χ4n) is 5.05. The lowest BCUT2D eigenvalue weighted by atomic mass is 9.80. The lowest BCUT2D eigenvalue weighted by Crippen LogP contribution is -2.43.